The Hall–Kier alpha value is -1.00. The largest absolute Gasteiger partial charge is 0.480 e. The molecule has 0 aliphatic carbocycles. The van der Waals surface area contributed by atoms with Gasteiger partial charge in [-0.05, 0) is 38.0 Å². The van der Waals surface area contributed by atoms with Crippen LogP contribution in [0.25, 0.3) is 0 Å². The van der Waals surface area contributed by atoms with Crippen molar-refractivity contribution >= 4 is 17.7 Å². The molecular formula is C14H20O3S. The zero-order chi connectivity index (χ0) is 13.6. The molecular weight excluding hydrogens is 248 g/mol. The molecule has 1 rings (SSSR count). The summed E-state index contributed by atoms with van der Waals surface area (Å²) in [6.07, 6.45) is 1.11. The molecule has 0 spiro atoms. The van der Waals surface area contributed by atoms with Crippen molar-refractivity contribution in [2.24, 2.45) is 0 Å². The molecule has 3 nitrogen and oxygen atoms in total. The molecule has 0 aliphatic rings. The zero-order valence-electron chi connectivity index (χ0n) is 10.8. The van der Waals surface area contributed by atoms with E-state index >= 15 is 0 Å². The van der Waals surface area contributed by atoms with Crippen LogP contribution in [-0.4, -0.2) is 32.8 Å². The maximum atomic E-state index is 11.2. The van der Waals surface area contributed by atoms with E-state index in [2.05, 4.69) is 0 Å². The summed E-state index contributed by atoms with van der Waals surface area (Å²) in [4.78, 5) is 11.2. The molecule has 0 saturated carbocycles. The fraction of sp³-hybridized carbons (Fsp3) is 0.500. The van der Waals surface area contributed by atoms with Crippen LogP contribution < -0.4 is 0 Å². The second-order valence-electron chi connectivity index (χ2n) is 4.95. The minimum Gasteiger partial charge on any atom is -0.480 e. The fourth-order valence-electron chi connectivity index (χ4n) is 1.50. The molecule has 0 fully saturated rings. The van der Waals surface area contributed by atoms with Crippen LogP contribution in [0.1, 0.15) is 25.8 Å². The number of hydrogen-bond donors (Lipinski definition) is 2. The number of carboxylic acids is 1. The van der Waals surface area contributed by atoms with Gasteiger partial charge in [0.2, 0.25) is 0 Å². The quantitative estimate of drug-likeness (QED) is 0.798. The lowest BCUT2D eigenvalue weighted by atomic mass is 10.1. The Morgan fingerprint density at radius 1 is 1.33 bits per heavy atom. The molecule has 1 aromatic carbocycles. The van der Waals surface area contributed by atoms with Crippen molar-refractivity contribution in [3.8, 4) is 0 Å². The summed E-state index contributed by atoms with van der Waals surface area (Å²) in [5, 5.41) is 18.3. The Kier molecular flexibility index (Phi) is 5.69. The van der Waals surface area contributed by atoms with E-state index in [-0.39, 0.29) is 0 Å². The number of thioether (sulfide) groups is 1. The zero-order valence-corrected chi connectivity index (χ0v) is 11.6. The van der Waals surface area contributed by atoms with Gasteiger partial charge in [-0.25, -0.2) is 0 Å². The van der Waals surface area contributed by atoms with E-state index in [1.807, 2.05) is 30.3 Å². The number of carboxylic acid groups (broad SMARTS) is 1. The second kappa shape index (κ2) is 6.81. The molecule has 18 heavy (non-hydrogen) atoms. The lowest BCUT2D eigenvalue weighted by Crippen LogP contribution is -2.23. The molecule has 0 radical (unpaired) electrons. The van der Waals surface area contributed by atoms with E-state index in [4.69, 9.17) is 0 Å². The van der Waals surface area contributed by atoms with E-state index in [1.165, 1.54) is 11.8 Å². The average Bonchev–Trinajstić information content (AvgIpc) is 2.27. The van der Waals surface area contributed by atoms with Crippen LogP contribution in [0.15, 0.2) is 30.3 Å². The third kappa shape index (κ3) is 6.07. The van der Waals surface area contributed by atoms with E-state index in [9.17, 15) is 15.0 Å². The minimum atomic E-state index is -0.792. The predicted octanol–water partition coefficient (Wildman–Crippen LogP) is 2.58. The first kappa shape index (κ1) is 15.1. The Morgan fingerprint density at radius 2 is 1.94 bits per heavy atom. The van der Waals surface area contributed by atoms with Gasteiger partial charge in [-0.1, -0.05) is 30.3 Å². The number of rotatable bonds is 7. The molecule has 0 heterocycles. The Balaban J connectivity index is 2.49. The van der Waals surface area contributed by atoms with Gasteiger partial charge in [0.25, 0.3) is 0 Å². The van der Waals surface area contributed by atoms with Crippen LogP contribution in [0.5, 0.6) is 0 Å². The van der Waals surface area contributed by atoms with Crippen molar-refractivity contribution in [1.29, 1.82) is 0 Å². The number of carbonyl (C=O) groups is 1. The third-order valence-electron chi connectivity index (χ3n) is 2.57. The number of benzene rings is 1. The maximum absolute atomic E-state index is 11.2. The maximum Gasteiger partial charge on any atom is 0.316 e. The van der Waals surface area contributed by atoms with Crippen molar-refractivity contribution in [3.05, 3.63) is 35.9 Å². The second-order valence-corrected chi connectivity index (χ2v) is 6.26. The van der Waals surface area contributed by atoms with Crippen molar-refractivity contribution in [1.82, 2.24) is 0 Å². The van der Waals surface area contributed by atoms with Gasteiger partial charge >= 0.3 is 5.97 Å². The molecule has 0 aromatic heterocycles. The molecule has 4 heteroatoms. The summed E-state index contributed by atoms with van der Waals surface area (Å²) in [7, 11) is 0. The highest BCUT2D eigenvalue weighted by atomic mass is 32.2. The molecule has 1 atom stereocenters. The van der Waals surface area contributed by atoms with Crippen molar-refractivity contribution in [2.75, 3.05) is 5.75 Å². The van der Waals surface area contributed by atoms with Gasteiger partial charge in [0.15, 0.2) is 0 Å². The lowest BCUT2D eigenvalue weighted by Gasteiger charge is -2.18. The molecule has 0 aliphatic heterocycles. The van der Waals surface area contributed by atoms with Crippen molar-refractivity contribution in [2.45, 2.75) is 37.5 Å². The highest BCUT2D eigenvalue weighted by molar-refractivity contribution is 8.00. The van der Waals surface area contributed by atoms with Crippen LogP contribution in [0.2, 0.25) is 0 Å². The summed E-state index contributed by atoms with van der Waals surface area (Å²) in [5.41, 5.74) is 0.295. The van der Waals surface area contributed by atoms with E-state index < -0.39 is 16.8 Å². The first-order valence-electron chi connectivity index (χ1n) is 5.99. The first-order valence-corrected chi connectivity index (χ1v) is 7.04. The minimum absolute atomic E-state index is 0.449. The van der Waals surface area contributed by atoms with Gasteiger partial charge < -0.3 is 10.2 Å². The molecule has 0 amide bonds. The third-order valence-corrected chi connectivity index (χ3v) is 3.78. The molecule has 1 aromatic rings. The number of hydrogen-bond acceptors (Lipinski definition) is 3. The summed E-state index contributed by atoms with van der Waals surface area (Å²) in [6, 6.07) is 9.62. The van der Waals surface area contributed by atoms with E-state index in [0.717, 1.165) is 5.56 Å². The molecule has 2 N–H and O–H groups in total. The highest BCUT2D eigenvalue weighted by Gasteiger charge is 2.20. The topological polar surface area (TPSA) is 57.5 Å². The van der Waals surface area contributed by atoms with Crippen LogP contribution >= 0.6 is 11.8 Å². The molecule has 0 bridgehead atoms. The van der Waals surface area contributed by atoms with Gasteiger partial charge in [-0.3, -0.25) is 4.79 Å². The first-order chi connectivity index (χ1) is 8.38. The van der Waals surface area contributed by atoms with Crippen molar-refractivity contribution in [3.63, 3.8) is 0 Å². The molecule has 1 unspecified atom stereocenters. The Morgan fingerprint density at radius 3 is 2.44 bits per heavy atom. The van der Waals surface area contributed by atoms with Crippen LogP contribution in [-0.2, 0) is 11.2 Å². The van der Waals surface area contributed by atoms with Crippen LogP contribution in [0, 0.1) is 0 Å². The van der Waals surface area contributed by atoms with Crippen LogP contribution in [0.3, 0.4) is 0 Å². The Bertz CT molecular complexity index is 370. The van der Waals surface area contributed by atoms with Gasteiger partial charge in [0.1, 0.15) is 5.25 Å². The highest BCUT2D eigenvalue weighted by Crippen LogP contribution is 2.21. The van der Waals surface area contributed by atoms with Crippen molar-refractivity contribution < 1.29 is 15.0 Å². The average molecular weight is 268 g/mol. The standard InChI is InChI=1S/C14H20O3S/c1-14(2,17)8-9-18-12(13(15)16)10-11-6-4-3-5-7-11/h3-7,12,17H,8-10H2,1-2H3,(H,15,16). The van der Waals surface area contributed by atoms with Gasteiger partial charge in [-0.2, -0.15) is 0 Å². The summed E-state index contributed by atoms with van der Waals surface area (Å²) in [5.74, 6) is -0.146. The lowest BCUT2D eigenvalue weighted by molar-refractivity contribution is -0.136. The SMILES string of the molecule is CC(C)(O)CCSC(Cc1ccccc1)C(=O)O. The summed E-state index contributed by atoms with van der Waals surface area (Å²) < 4.78 is 0. The van der Waals surface area contributed by atoms with E-state index in [1.54, 1.807) is 13.8 Å². The van der Waals surface area contributed by atoms with Gasteiger partial charge in [0, 0.05) is 0 Å². The Labute approximate surface area is 112 Å². The smallest absolute Gasteiger partial charge is 0.316 e. The van der Waals surface area contributed by atoms with Gasteiger partial charge in [-0.15, -0.1) is 11.8 Å². The normalized spacial score (nSPS) is 13.3. The predicted molar refractivity (Wildman–Crippen MR) is 74.9 cm³/mol. The summed E-state index contributed by atoms with van der Waals surface area (Å²) in [6.45, 7) is 3.47. The fourth-order valence-corrected chi connectivity index (χ4v) is 2.85. The summed E-state index contributed by atoms with van der Waals surface area (Å²) >= 11 is 1.39. The number of aliphatic carboxylic acids is 1. The number of aliphatic hydroxyl groups is 1. The monoisotopic (exact) mass is 268 g/mol. The van der Waals surface area contributed by atoms with E-state index in [0.29, 0.717) is 18.6 Å². The van der Waals surface area contributed by atoms with Crippen LogP contribution in [0.4, 0.5) is 0 Å². The molecule has 100 valence electrons. The van der Waals surface area contributed by atoms with Gasteiger partial charge in [0.05, 0.1) is 5.60 Å². The molecule has 0 saturated heterocycles.